The molecule has 3 aromatic rings. The van der Waals surface area contributed by atoms with Crippen molar-refractivity contribution in [1.29, 1.82) is 0 Å². The predicted octanol–water partition coefficient (Wildman–Crippen LogP) is 3.98. The lowest BCUT2D eigenvalue weighted by molar-refractivity contribution is 0.919. The highest BCUT2D eigenvalue weighted by Crippen LogP contribution is 2.28. The summed E-state index contributed by atoms with van der Waals surface area (Å²) >= 11 is 12.0. The molecule has 0 unspecified atom stereocenters. The van der Waals surface area contributed by atoms with Crippen LogP contribution in [0.1, 0.15) is 0 Å². The zero-order valence-corrected chi connectivity index (χ0v) is 12.9. The van der Waals surface area contributed by atoms with Crippen molar-refractivity contribution in [2.24, 2.45) is 0 Å². The van der Waals surface area contributed by atoms with Crippen molar-refractivity contribution in [3.63, 3.8) is 0 Å². The van der Waals surface area contributed by atoms with Crippen molar-refractivity contribution >= 4 is 49.7 Å². The number of aromatic amines is 1. The SMILES string of the molecule is S=c1[nH]nc(-c2ccccc2)c2nc(Br)c(Br)n12. The minimum Gasteiger partial charge on any atom is -0.259 e. The van der Waals surface area contributed by atoms with Gasteiger partial charge in [0.25, 0.3) is 0 Å². The third-order valence-corrected chi connectivity index (χ3v) is 4.60. The summed E-state index contributed by atoms with van der Waals surface area (Å²) in [4.78, 5) is 4.43. The average molecular weight is 386 g/mol. The molecule has 2 heterocycles. The minimum absolute atomic E-state index is 0.495. The summed E-state index contributed by atoms with van der Waals surface area (Å²) in [5, 5.41) is 7.11. The first kappa shape index (κ1) is 12.0. The Kier molecular flexibility index (Phi) is 3.04. The molecule has 1 aromatic carbocycles. The monoisotopic (exact) mass is 384 g/mol. The van der Waals surface area contributed by atoms with E-state index < -0.39 is 0 Å². The van der Waals surface area contributed by atoms with Crippen molar-refractivity contribution in [2.45, 2.75) is 0 Å². The van der Waals surface area contributed by atoms with Crippen molar-refractivity contribution < 1.29 is 0 Å². The smallest absolute Gasteiger partial charge is 0.200 e. The van der Waals surface area contributed by atoms with E-state index in [1.54, 1.807) is 4.40 Å². The van der Waals surface area contributed by atoms with Crippen molar-refractivity contribution in [2.75, 3.05) is 0 Å². The van der Waals surface area contributed by atoms with Gasteiger partial charge in [-0.05, 0) is 44.1 Å². The summed E-state index contributed by atoms with van der Waals surface area (Å²) in [6.45, 7) is 0. The van der Waals surface area contributed by atoms with E-state index in [2.05, 4.69) is 47.0 Å². The third-order valence-electron chi connectivity index (χ3n) is 2.51. The molecule has 90 valence electrons. The van der Waals surface area contributed by atoms with E-state index in [0.717, 1.165) is 15.9 Å². The predicted molar refractivity (Wildman–Crippen MR) is 79.0 cm³/mol. The van der Waals surface area contributed by atoms with Gasteiger partial charge in [-0.3, -0.25) is 9.50 Å². The highest BCUT2D eigenvalue weighted by Gasteiger charge is 2.14. The molecule has 18 heavy (non-hydrogen) atoms. The van der Waals surface area contributed by atoms with Crippen LogP contribution in [-0.4, -0.2) is 19.6 Å². The third kappa shape index (κ3) is 1.82. The molecule has 3 rings (SSSR count). The second kappa shape index (κ2) is 4.56. The summed E-state index contributed by atoms with van der Waals surface area (Å²) in [5.41, 5.74) is 2.46. The van der Waals surface area contributed by atoms with Crippen LogP contribution in [0, 0.1) is 4.77 Å². The van der Waals surface area contributed by atoms with E-state index in [1.807, 2.05) is 30.3 Å². The normalized spacial score (nSPS) is 11.0. The maximum Gasteiger partial charge on any atom is 0.200 e. The Morgan fingerprint density at radius 2 is 1.89 bits per heavy atom. The van der Waals surface area contributed by atoms with Crippen LogP contribution in [0.2, 0.25) is 0 Å². The molecule has 0 saturated carbocycles. The van der Waals surface area contributed by atoms with E-state index in [-0.39, 0.29) is 0 Å². The highest BCUT2D eigenvalue weighted by atomic mass is 79.9. The summed E-state index contributed by atoms with van der Waals surface area (Å²) in [6.07, 6.45) is 0. The molecule has 0 aliphatic heterocycles. The van der Waals surface area contributed by atoms with Crippen LogP contribution in [0.15, 0.2) is 39.5 Å². The molecule has 1 N–H and O–H groups in total. The molecule has 0 aliphatic carbocycles. The number of aromatic nitrogens is 4. The molecule has 7 heteroatoms. The molecule has 0 atom stereocenters. The van der Waals surface area contributed by atoms with Gasteiger partial charge in [0.1, 0.15) is 14.9 Å². The first-order chi connectivity index (χ1) is 8.68. The highest BCUT2D eigenvalue weighted by molar-refractivity contribution is 9.13. The van der Waals surface area contributed by atoms with Crippen LogP contribution >= 0.6 is 44.1 Å². The Balaban J connectivity index is 2.43. The minimum atomic E-state index is 0.495. The van der Waals surface area contributed by atoms with Gasteiger partial charge in [-0.1, -0.05) is 30.3 Å². The number of nitrogens with one attached hydrogen (secondary N) is 1. The van der Waals surface area contributed by atoms with Gasteiger partial charge in [0, 0.05) is 5.56 Å². The van der Waals surface area contributed by atoms with E-state index in [0.29, 0.717) is 15.0 Å². The number of benzene rings is 1. The molecule has 0 radical (unpaired) electrons. The van der Waals surface area contributed by atoms with Crippen LogP contribution in [0.25, 0.3) is 16.9 Å². The first-order valence-corrected chi connectivity index (χ1v) is 7.05. The average Bonchev–Trinajstić information content (AvgIpc) is 2.68. The number of halogens is 2. The lowest BCUT2D eigenvalue weighted by Crippen LogP contribution is -1.98. The summed E-state index contributed by atoms with van der Waals surface area (Å²) < 4.78 is 3.77. The van der Waals surface area contributed by atoms with Gasteiger partial charge in [0.2, 0.25) is 4.77 Å². The number of H-pyrrole nitrogens is 1. The van der Waals surface area contributed by atoms with Crippen LogP contribution in [-0.2, 0) is 0 Å². The molecule has 0 bridgehead atoms. The lowest BCUT2D eigenvalue weighted by Gasteiger charge is -2.02. The van der Waals surface area contributed by atoms with Crippen LogP contribution in [0.3, 0.4) is 0 Å². The molecule has 0 fully saturated rings. The van der Waals surface area contributed by atoms with Gasteiger partial charge in [0.05, 0.1) is 0 Å². The van der Waals surface area contributed by atoms with Gasteiger partial charge in [-0.25, -0.2) is 4.98 Å². The Morgan fingerprint density at radius 1 is 1.17 bits per heavy atom. The van der Waals surface area contributed by atoms with Crippen LogP contribution in [0.5, 0.6) is 0 Å². The van der Waals surface area contributed by atoms with Gasteiger partial charge in [-0.15, -0.1) is 0 Å². The topological polar surface area (TPSA) is 46.0 Å². The van der Waals surface area contributed by atoms with Gasteiger partial charge >= 0.3 is 0 Å². The number of nitrogens with zero attached hydrogens (tertiary/aromatic N) is 3. The molecule has 0 saturated heterocycles. The van der Waals surface area contributed by atoms with Crippen LogP contribution < -0.4 is 0 Å². The number of hydrogen-bond donors (Lipinski definition) is 1. The quantitative estimate of drug-likeness (QED) is 0.644. The molecule has 0 spiro atoms. The van der Waals surface area contributed by atoms with E-state index in [9.17, 15) is 0 Å². The molecular weight excluding hydrogens is 380 g/mol. The number of rotatable bonds is 1. The van der Waals surface area contributed by atoms with Gasteiger partial charge < -0.3 is 0 Å². The Labute approximate surface area is 124 Å². The summed E-state index contributed by atoms with van der Waals surface area (Å²) in [7, 11) is 0. The molecule has 4 nitrogen and oxygen atoms in total. The van der Waals surface area contributed by atoms with E-state index in [4.69, 9.17) is 12.2 Å². The maximum atomic E-state index is 5.22. The van der Waals surface area contributed by atoms with Crippen molar-refractivity contribution in [3.05, 3.63) is 44.3 Å². The second-order valence-corrected chi connectivity index (χ2v) is 5.48. The Morgan fingerprint density at radius 3 is 2.61 bits per heavy atom. The van der Waals surface area contributed by atoms with Gasteiger partial charge in [-0.2, -0.15) is 5.10 Å². The first-order valence-electron chi connectivity index (χ1n) is 5.06. The van der Waals surface area contributed by atoms with Gasteiger partial charge in [0.15, 0.2) is 5.65 Å². The second-order valence-electron chi connectivity index (χ2n) is 3.60. The summed E-state index contributed by atoms with van der Waals surface area (Å²) in [6, 6.07) is 9.85. The number of imidazole rings is 1. The molecule has 2 aromatic heterocycles. The van der Waals surface area contributed by atoms with Crippen molar-refractivity contribution in [1.82, 2.24) is 19.6 Å². The number of fused-ring (bicyclic) bond motifs is 1. The standard InChI is InChI=1S/C11H6Br2N4S/c12-8-9(13)17-10(14-8)7(15-16-11(17)18)6-4-2-1-3-5-6/h1-5H,(H,16,18). The molecular formula is C11H6Br2N4S. The zero-order chi connectivity index (χ0) is 12.7. The number of hydrogen-bond acceptors (Lipinski definition) is 3. The van der Waals surface area contributed by atoms with E-state index >= 15 is 0 Å². The summed E-state index contributed by atoms with van der Waals surface area (Å²) in [5.74, 6) is 0. The fourth-order valence-electron chi connectivity index (χ4n) is 1.71. The van der Waals surface area contributed by atoms with E-state index in [1.165, 1.54) is 0 Å². The molecule has 0 amide bonds. The fourth-order valence-corrected chi connectivity index (χ4v) is 2.83. The van der Waals surface area contributed by atoms with Crippen molar-refractivity contribution in [3.8, 4) is 11.3 Å². The Bertz CT molecular complexity index is 779. The Hall–Kier alpha value is -1.05. The fraction of sp³-hybridized carbons (Fsp3) is 0. The van der Waals surface area contributed by atoms with Crippen LogP contribution in [0.4, 0.5) is 0 Å². The largest absolute Gasteiger partial charge is 0.259 e. The molecule has 0 aliphatic rings. The lowest BCUT2D eigenvalue weighted by atomic mass is 10.2. The zero-order valence-electron chi connectivity index (χ0n) is 8.89. The maximum absolute atomic E-state index is 5.22.